The van der Waals surface area contributed by atoms with Gasteiger partial charge in [-0.05, 0) is 49.4 Å². The van der Waals surface area contributed by atoms with Gasteiger partial charge in [-0.25, -0.2) is 9.18 Å². The molecule has 1 aromatic heterocycles. The van der Waals surface area contributed by atoms with E-state index < -0.39 is 0 Å². The summed E-state index contributed by atoms with van der Waals surface area (Å²) in [7, 11) is 0. The molecule has 0 aliphatic heterocycles. The second-order valence-electron chi connectivity index (χ2n) is 5.66. The van der Waals surface area contributed by atoms with Crippen LogP contribution in [-0.2, 0) is 4.74 Å². The first-order valence-corrected chi connectivity index (χ1v) is 7.69. The summed E-state index contributed by atoms with van der Waals surface area (Å²) in [5.74, 6) is -0.294. The van der Waals surface area contributed by atoms with E-state index in [2.05, 4.69) is 4.98 Å². The van der Waals surface area contributed by atoms with Gasteiger partial charge in [0.1, 0.15) is 11.5 Å². The first kappa shape index (κ1) is 14.1. The molecule has 1 aromatic carbocycles. The molecule has 1 heterocycles. The van der Waals surface area contributed by atoms with Crippen molar-refractivity contribution in [2.75, 3.05) is 6.61 Å². The van der Waals surface area contributed by atoms with Crippen LogP contribution in [0.2, 0.25) is 0 Å². The maximum absolute atomic E-state index is 13.6. The minimum absolute atomic E-state index is 0.269. The van der Waals surface area contributed by atoms with Gasteiger partial charge in [-0.2, -0.15) is 0 Å². The number of carbonyl (C=O) groups excluding carboxylic acids is 1. The normalized spacial score (nSPS) is 16.3. The Morgan fingerprint density at radius 3 is 2.81 bits per heavy atom. The van der Waals surface area contributed by atoms with E-state index in [1.807, 2.05) is 0 Å². The SMILES string of the molecule is CCOC(=O)c1[nH]c2ccc(F)cc2c1C1CCCCC1. The number of H-pyrrole nitrogens is 1. The van der Waals surface area contributed by atoms with Crippen molar-refractivity contribution >= 4 is 16.9 Å². The van der Waals surface area contributed by atoms with E-state index in [-0.39, 0.29) is 11.8 Å². The van der Waals surface area contributed by atoms with Crippen LogP contribution in [-0.4, -0.2) is 17.6 Å². The maximum atomic E-state index is 13.6. The van der Waals surface area contributed by atoms with E-state index >= 15 is 0 Å². The summed E-state index contributed by atoms with van der Waals surface area (Å²) in [6.45, 7) is 2.13. The van der Waals surface area contributed by atoms with Crippen molar-refractivity contribution in [2.45, 2.75) is 44.9 Å². The molecule has 21 heavy (non-hydrogen) atoms. The zero-order valence-electron chi connectivity index (χ0n) is 12.2. The highest BCUT2D eigenvalue weighted by Crippen LogP contribution is 2.39. The summed E-state index contributed by atoms with van der Waals surface area (Å²) in [4.78, 5) is 15.3. The zero-order valence-corrected chi connectivity index (χ0v) is 12.2. The molecule has 3 nitrogen and oxygen atoms in total. The highest BCUT2D eigenvalue weighted by atomic mass is 19.1. The summed E-state index contributed by atoms with van der Waals surface area (Å²) in [5, 5.41) is 0.824. The minimum atomic E-state index is -0.338. The highest BCUT2D eigenvalue weighted by molar-refractivity contribution is 5.98. The second kappa shape index (κ2) is 5.88. The third-order valence-corrected chi connectivity index (χ3v) is 4.29. The standard InChI is InChI=1S/C17H20FNO2/c1-2-21-17(20)16-15(11-6-4-3-5-7-11)13-10-12(18)8-9-14(13)19-16/h8-11,19H,2-7H2,1H3. The highest BCUT2D eigenvalue weighted by Gasteiger charge is 2.26. The van der Waals surface area contributed by atoms with Crippen LogP contribution in [0.25, 0.3) is 10.9 Å². The van der Waals surface area contributed by atoms with Crippen molar-refractivity contribution < 1.29 is 13.9 Å². The number of benzene rings is 1. The van der Waals surface area contributed by atoms with Crippen LogP contribution in [0.1, 0.15) is 61.0 Å². The molecule has 1 N–H and O–H groups in total. The lowest BCUT2D eigenvalue weighted by Crippen LogP contribution is -2.12. The van der Waals surface area contributed by atoms with Gasteiger partial charge >= 0.3 is 5.97 Å². The van der Waals surface area contributed by atoms with Crippen molar-refractivity contribution in [3.63, 3.8) is 0 Å². The second-order valence-corrected chi connectivity index (χ2v) is 5.66. The van der Waals surface area contributed by atoms with Crippen molar-refractivity contribution in [3.8, 4) is 0 Å². The molecule has 1 aliphatic carbocycles. The van der Waals surface area contributed by atoms with E-state index in [1.54, 1.807) is 13.0 Å². The number of rotatable bonds is 3. The average Bonchev–Trinajstić information content (AvgIpc) is 2.87. The van der Waals surface area contributed by atoms with Gasteiger partial charge in [0.15, 0.2) is 0 Å². The number of aromatic nitrogens is 1. The Morgan fingerprint density at radius 1 is 1.33 bits per heavy atom. The number of aromatic amines is 1. The first-order chi connectivity index (χ1) is 10.2. The summed E-state index contributed by atoms with van der Waals surface area (Å²) in [5.41, 5.74) is 2.26. The molecule has 0 saturated heterocycles. The average molecular weight is 289 g/mol. The Bertz CT molecular complexity index is 656. The number of ether oxygens (including phenoxy) is 1. The Kier molecular flexibility index (Phi) is 3.95. The number of carbonyl (C=O) groups is 1. The fourth-order valence-electron chi connectivity index (χ4n) is 3.36. The Hall–Kier alpha value is -1.84. The lowest BCUT2D eigenvalue weighted by molar-refractivity contribution is 0.0518. The molecular weight excluding hydrogens is 269 g/mol. The van der Waals surface area contributed by atoms with Crippen LogP contribution in [0.15, 0.2) is 18.2 Å². The Balaban J connectivity index is 2.13. The summed E-state index contributed by atoms with van der Waals surface area (Å²) >= 11 is 0. The molecule has 3 rings (SSSR count). The Morgan fingerprint density at radius 2 is 2.10 bits per heavy atom. The largest absolute Gasteiger partial charge is 0.461 e. The van der Waals surface area contributed by atoms with E-state index in [4.69, 9.17) is 4.74 Å². The monoisotopic (exact) mass is 289 g/mol. The molecule has 2 aromatic rings. The predicted octanol–water partition coefficient (Wildman–Crippen LogP) is 4.53. The smallest absolute Gasteiger partial charge is 0.355 e. The summed E-state index contributed by atoms with van der Waals surface area (Å²) in [6.07, 6.45) is 5.66. The molecule has 0 spiro atoms. The van der Waals surface area contributed by atoms with Crippen molar-refractivity contribution in [3.05, 3.63) is 35.3 Å². The van der Waals surface area contributed by atoms with Crippen LogP contribution in [0.3, 0.4) is 0 Å². The van der Waals surface area contributed by atoms with Gasteiger partial charge in [0.05, 0.1) is 6.61 Å². The molecule has 0 bridgehead atoms. The van der Waals surface area contributed by atoms with E-state index in [0.29, 0.717) is 18.2 Å². The molecule has 1 fully saturated rings. The number of nitrogens with one attached hydrogen (secondary N) is 1. The summed E-state index contributed by atoms with van der Waals surface area (Å²) in [6, 6.07) is 4.64. The number of fused-ring (bicyclic) bond motifs is 1. The fraction of sp³-hybridized carbons (Fsp3) is 0.471. The van der Waals surface area contributed by atoms with Gasteiger partial charge in [-0.15, -0.1) is 0 Å². The van der Waals surface area contributed by atoms with Crippen molar-refractivity contribution in [2.24, 2.45) is 0 Å². The molecule has 0 atom stereocenters. The first-order valence-electron chi connectivity index (χ1n) is 7.69. The minimum Gasteiger partial charge on any atom is -0.461 e. The quantitative estimate of drug-likeness (QED) is 0.843. The molecule has 1 aliphatic rings. The zero-order chi connectivity index (χ0) is 14.8. The van der Waals surface area contributed by atoms with Crippen molar-refractivity contribution in [1.29, 1.82) is 0 Å². The lowest BCUT2D eigenvalue weighted by Gasteiger charge is -2.22. The summed E-state index contributed by atoms with van der Waals surface area (Å²) < 4.78 is 18.8. The van der Waals surface area contributed by atoms with Gasteiger partial charge in [0, 0.05) is 10.9 Å². The third-order valence-electron chi connectivity index (χ3n) is 4.29. The lowest BCUT2D eigenvalue weighted by atomic mass is 9.82. The topological polar surface area (TPSA) is 42.1 Å². The van der Waals surface area contributed by atoms with E-state index in [0.717, 1.165) is 42.1 Å². The van der Waals surface area contributed by atoms with Gasteiger partial charge in [-0.3, -0.25) is 0 Å². The molecule has 0 amide bonds. The van der Waals surface area contributed by atoms with Crippen LogP contribution in [0, 0.1) is 5.82 Å². The molecule has 4 heteroatoms. The molecule has 1 saturated carbocycles. The molecule has 0 radical (unpaired) electrons. The third kappa shape index (κ3) is 2.67. The number of esters is 1. The number of hydrogen-bond acceptors (Lipinski definition) is 2. The van der Waals surface area contributed by atoms with Gasteiger partial charge in [-0.1, -0.05) is 19.3 Å². The predicted molar refractivity (Wildman–Crippen MR) is 80.0 cm³/mol. The van der Waals surface area contributed by atoms with Gasteiger partial charge in [0.25, 0.3) is 0 Å². The fourth-order valence-corrected chi connectivity index (χ4v) is 3.36. The van der Waals surface area contributed by atoms with E-state index in [1.165, 1.54) is 18.6 Å². The van der Waals surface area contributed by atoms with Crippen LogP contribution in [0.5, 0.6) is 0 Å². The van der Waals surface area contributed by atoms with Crippen LogP contribution in [0.4, 0.5) is 4.39 Å². The van der Waals surface area contributed by atoms with Crippen LogP contribution >= 0.6 is 0 Å². The maximum Gasteiger partial charge on any atom is 0.355 e. The number of hydrogen-bond donors (Lipinski definition) is 1. The molecule has 0 unspecified atom stereocenters. The van der Waals surface area contributed by atoms with Crippen molar-refractivity contribution in [1.82, 2.24) is 4.98 Å². The van der Waals surface area contributed by atoms with E-state index in [9.17, 15) is 9.18 Å². The van der Waals surface area contributed by atoms with Gasteiger partial charge < -0.3 is 9.72 Å². The van der Waals surface area contributed by atoms with Crippen LogP contribution < -0.4 is 0 Å². The Labute approximate surface area is 123 Å². The van der Waals surface area contributed by atoms with Gasteiger partial charge in [0.2, 0.25) is 0 Å². The number of halogens is 1. The molecular formula is C17H20FNO2. The molecule has 112 valence electrons.